The van der Waals surface area contributed by atoms with E-state index in [1.165, 1.54) is 0 Å². The second-order valence-electron chi connectivity index (χ2n) is 3.03. The van der Waals surface area contributed by atoms with Crippen LogP contribution in [0.1, 0.15) is 39.5 Å². The maximum atomic E-state index is 9.80. The van der Waals surface area contributed by atoms with Crippen LogP contribution in [-0.4, -0.2) is 24.4 Å². The molecule has 0 atom stereocenters. The predicted molar refractivity (Wildman–Crippen MR) is 46.6 cm³/mol. The van der Waals surface area contributed by atoms with Crippen molar-refractivity contribution in [2.75, 3.05) is 13.7 Å². The van der Waals surface area contributed by atoms with Gasteiger partial charge >= 0.3 is 0 Å². The van der Waals surface area contributed by atoms with E-state index in [0.717, 1.165) is 32.3 Å². The van der Waals surface area contributed by atoms with Gasteiger partial charge in [-0.25, -0.2) is 0 Å². The summed E-state index contributed by atoms with van der Waals surface area (Å²) in [6, 6.07) is 0. The largest absolute Gasteiger partial charge is 0.390 e. The minimum atomic E-state index is -0.446. The molecule has 0 saturated heterocycles. The van der Waals surface area contributed by atoms with E-state index in [-0.39, 0.29) is 0 Å². The summed E-state index contributed by atoms with van der Waals surface area (Å²) in [4.78, 5) is 0. The highest BCUT2D eigenvalue weighted by molar-refractivity contribution is 4.74. The SMILES string of the molecule is CCC(O)(CC)CCCOC. The Kier molecular flexibility index (Phi) is 5.51. The van der Waals surface area contributed by atoms with Gasteiger partial charge in [0.2, 0.25) is 0 Å². The molecule has 0 unspecified atom stereocenters. The van der Waals surface area contributed by atoms with Crippen molar-refractivity contribution in [2.45, 2.75) is 45.1 Å². The molecule has 0 saturated carbocycles. The quantitative estimate of drug-likeness (QED) is 0.602. The third kappa shape index (κ3) is 4.38. The van der Waals surface area contributed by atoms with E-state index in [1.54, 1.807) is 7.11 Å². The molecule has 0 amide bonds. The average Bonchev–Trinajstić information content (AvgIpc) is 2.05. The summed E-state index contributed by atoms with van der Waals surface area (Å²) in [5.41, 5.74) is -0.446. The fourth-order valence-corrected chi connectivity index (χ4v) is 1.15. The Morgan fingerprint density at radius 3 is 2.18 bits per heavy atom. The molecule has 11 heavy (non-hydrogen) atoms. The van der Waals surface area contributed by atoms with Crippen molar-refractivity contribution in [2.24, 2.45) is 0 Å². The Hall–Kier alpha value is -0.0800. The average molecular weight is 160 g/mol. The molecule has 0 aliphatic carbocycles. The van der Waals surface area contributed by atoms with Crippen LogP contribution < -0.4 is 0 Å². The van der Waals surface area contributed by atoms with Crippen molar-refractivity contribution < 1.29 is 9.84 Å². The lowest BCUT2D eigenvalue weighted by atomic mass is 9.92. The molecular weight excluding hydrogens is 140 g/mol. The molecule has 0 aliphatic rings. The number of methoxy groups -OCH3 is 1. The van der Waals surface area contributed by atoms with Crippen molar-refractivity contribution in [3.8, 4) is 0 Å². The third-order valence-corrected chi connectivity index (χ3v) is 2.31. The molecule has 2 nitrogen and oxygen atoms in total. The summed E-state index contributed by atoms with van der Waals surface area (Å²) in [5, 5.41) is 9.80. The smallest absolute Gasteiger partial charge is 0.0643 e. The molecule has 0 fully saturated rings. The van der Waals surface area contributed by atoms with Crippen LogP contribution in [0.15, 0.2) is 0 Å². The Balaban J connectivity index is 3.51. The van der Waals surface area contributed by atoms with Gasteiger partial charge in [-0.15, -0.1) is 0 Å². The van der Waals surface area contributed by atoms with Gasteiger partial charge in [0.05, 0.1) is 5.60 Å². The summed E-state index contributed by atoms with van der Waals surface area (Å²) in [5.74, 6) is 0. The number of rotatable bonds is 6. The molecular formula is C9H20O2. The second-order valence-corrected chi connectivity index (χ2v) is 3.03. The zero-order chi connectivity index (χ0) is 8.74. The van der Waals surface area contributed by atoms with Gasteiger partial charge in [-0.1, -0.05) is 13.8 Å². The maximum absolute atomic E-state index is 9.80. The van der Waals surface area contributed by atoms with Gasteiger partial charge in [0.15, 0.2) is 0 Å². The van der Waals surface area contributed by atoms with Crippen LogP contribution in [0.3, 0.4) is 0 Å². The summed E-state index contributed by atoms with van der Waals surface area (Å²) in [6.07, 6.45) is 3.49. The van der Waals surface area contributed by atoms with E-state index in [4.69, 9.17) is 4.74 Å². The van der Waals surface area contributed by atoms with Crippen LogP contribution in [0, 0.1) is 0 Å². The van der Waals surface area contributed by atoms with Crippen LogP contribution in [0.2, 0.25) is 0 Å². The Bertz CT molecular complexity index is 87.6. The van der Waals surface area contributed by atoms with Crippen LogP contribution in [0.25, 0.3) is 0 Å². The monoisotopic (exact) mass is 160 g/mol. The maximum Gasteiger partial charge on any atom is 0.0643 e. The number of hydrogen-bond acceptors (Lipinski definition) is 2. The molecule has 1 N–H and O–H groups in total. The van der Waals surface area contributed by atoms with E-state index in [2.05, 4.69) is 0 Å². The number of ether oxygens (including phenoxy) is 1. The molecule has 0 aromatic rings. The third-order valence-electron chi connectivity index (χ3n) is 2.31. The number of hydrogen-bond donors (Lipinski definition) is 1. The predicted octanol–water partition coefficient (Wildman–Crippen LogP) is 1.96. The van der Waals surface area contributed by atoms with Gasteiger partial charge < -0.3 is 9.84 Å². The lowest BCUT2D eigenvalue weighted by Gasteiger charge is -2.24. The van der Waals surface area contributed by atoms with Crippen LogP contribution in [0.5, 0.6) is 0 Å². The molecule has 2 heteroatoms. The molecule has 0 radical (unpaired) electrons. The Labute approximate surface area is 69.6 Å². The molecule has 0 spiro atoms. The first-order chi connectivity index (χ1) is 5.18. The van der Waals surface area contributed by atoms with Gasteiger partial charge in [0.1, 0.15) is 0 Å². The van der Waals surface area contributed by atoms with Crippen molar-refractivity contribution in [1.82, 2.24) is 0 Å². The first kappa shape index (κ1) is 10.9. The van der Waals surface area contributed by atoms with E-state index in [9.17, 15) is 5.11 Å². The summed E-state index contributed by atoms with van der Waals surface area (Å²) in [6.45, 7) is 4.80. The Morgan fingerprint density at radius 1 is 1.27 bits per heavy atom. The van der Waals surface area contributed by atoms with Gasteiger partial charge in [-0.05, 0) is 25.7 Å². The molecule has 0 aromatic heterocycles. The summed E-state index contributed by atoms with van der Waals surface area (Å²) < 4.78 is 4.92. The standard InChI is InChI=1S/C9H20O2/c1-4-9(10,5-2)7-6-8-11-3/h10H,4-8H2,1-3H3. The van der Waals surface area contributed by atoms with Crippen molar-refractivity contribution >= 4 is 0 Å². The number of aliphatic hydroxyl groups is 1. The van der Waals surface area contributed by atoms with Crippen LogP contribution >= 0.6 is 0 Å². The lowest BCUT2D eigenvalue weighted by molar-refractivity contribution is 0.0154. The molecule has 0 bridgehead atoms. The highest BCUT2D eigenvalue weighted by Crippen LogP contribution is 2.20. The molecule has 0 rings (SSSR count). The van der Waals surface area contributed by atoms with E-state index in [0.29, 0.717) is 0 Å². The van der Waals surface area contributed by atoms with Crippen molar-refractivity contribution in [3.63, 3.8) is 0 Å². The van der Waals surface area contributed by atoms with Gasteiger partial charge in [0.25, 0.3) is 0 Å². The topological polar surface area (TPSA) is 29.5 Å². The van der Waals surface area contributed by atoms with Crippen molar-refractivity contribution in [1.29, 1.82) is 0 Å². The summed E-state index contributed by atoms with van der Waals surface area (Å²) >= 11 is 0. The zero-order valence-corrected chi connectivity index (χ0v) is 7.89. The fourth-order valence-electron chi connectivity index (χ4n) is 1.15. The van der Waals surface area contributed by atoms with Crippen molar-refractivity contribution in [3.05, 3.63) is 0 Å². The van der Waals surface area contributed by atoms with Gasteiger partial charge in [0, 0.05) is 13.7 Å². The highest BCUT2D eigenvalue weighted by Gasteiger charge is 2.20. The molecule has 0 heterocycles. The Morgan fingerprint density at radius 2 is 1.82 bits per heavy atom. The highest BCUT2D eigenvalue weighted by atomic mass is 16.5. The fraction of sp³-hybridized carbons (Fsp3) is 1.00. The van der Waals surface area contributed by atoms with Gasteiger partial charge in [-0.3, -0.25) is 0 Å². The van der Waals surface area contributed by atoms with Crippen LogP contribution in [0.4, 0.5) is 0 Å². The molecule has 68 valence electrons. The van der Waals surface area contributed by atoms with E-state index >= 15 is 0 Å². The first-order valence-corrected chi connectivity index (χ1v) is 4.40. The van der Waals surface area contributed by atoms with E-state index in [1.807, 2.05) is 13.8 Å². The lowest BCUT2D eigenvalue weighted by Crippen LogP contribution is -2.26. The normalized spacial score (nSPS) is 12.0. The summed E-state index contributed by atoms with van der Waals surface area (Å²) in [7, 11) is 1.69. The molecule has 0 aliphatic heterocycles. The first-order valence-electron chi connectivity index (χ1n) is 4.40. The zero-order valence-electron chi connectivity index (χ0n) is 7.89. The second kappa shape index (κ2) is 5.56. The van der Waals surface area contributed by atoms with Crippen LogP contribution in [-0.2, 0) is 4.74 Å². The van der Waals surface area contributed by atoms with Gasteiger partial charge in [-0.2, -0.15) is 0 Å². The molecule has 0 aromatic carbocycles. The van der Waals surface area contributed by atoms with E-state index < -0.39 is 5.60 Å². The minimum Gasteiger partial charge on any atom is -0.390 e. The minimum absolute atomic E-state index is 0.446.